The van der Waals surface area contributed by atoms with E-state index in [0.29, 0.717) is 0 Å². The molecule has 0 aromatic carbocycles. The zero-order valence-corrected chi connectivity index (χ0v) is 13.7. The van der Waals surface area contributed by atoms with Gasteiger partial charge in [0.25, 0.3) is 0 Å². The monoisotopic (exact) mass is 322 g/mol. The summed E-state index contributed by atoms with van der Waals surface area (Å²) in [6.45, 7) is 3.61. The first-order valence-electron chi connectivity index (χ1n) is 6.66. The van der Waals surface area contributed by atoms with Gasteiger partial charge in [-0.15, -0.1) is 0 Å². The average molecular weight is 322 g/mol. The lowest BCUT2D eigenvalue weighted by Gasteiger charge is -2.31. The second-order valence-corrected chi connectivity index (χ2v) is 7.56. The molecule has 0 heterocycles. The van der Waals surface area contributed by atoms with Crippen molar-refractivity contribution in [1.82, 2.24) is 0 Å². The van der Waals surface area contributed by atoms with Crippen molar-refractivity contribution < 1.29 is 14.3 Å². The first kappa shape index (κ1) is 16.2. The number of esters is 2. The molecule has 0 spiro atoms. The lowest BCUT2D eigenvalue weighted by Crippen LogP contribution is -2.39. The number of ether oxygens (including phenoxy) is 1. The van der Waals surface area contributed by atoms with Crippen LogP contribution in [0.3, 0.4) is 0 Å². The summed E-state index contributed by atoms with van der Waals surface area (Å²) in [6.07, 6.45) is 14.1. The van der Waals surface area contributed by atoms with Crippen molar-refractivity contribution in [2.45, 2.75) is 23.3 Å². The topological polar surface area (TPSA) is 43.4 Å². The second kappa shape index (κ2) is 5.89. The fourth-order valence-electron chi connectivity index (χ4n) is 2.31. The largest absolute Gasteiger partial charge is 0.392 e. The van der Waals surface area contributed by atoms with Crippen LogP contribution in [-0.4, -0.2) is 21.4 Å². The predicted octanol–water partition coefficient (Wildman–Crippen LogP) is 2.92. The number of carbonyl (C=O) groups is 2. The molecule has 0 radical (unpaired) electrons. The van der Waals surface area contributed by atoms with Crippen molar-refractivity contribution >= 4 is 37.2 Å². The molecule has 0 amide bonds. The molecule has 4 atom stereocenters. The molecule has 0 saturated heterocycles. The summed E-state index contributed by atoms with van der Waals surface area (Å²) in [4.78, 5) is 24.5. The van der Waals surface area contributed by atoms with Gasteiger partial charge in [0.15, 0.2) is 0 Å². The fraction of sp³-hybridized carbons (Fsp3) is 0.375. The molecule has 0 aromatic rings. The molecular weight excluding hydrogens is 304 g/mol. The van der Waals surface area contributed by atoms with Gasteiger partial charge in [-0.1, -0.05) is 48.6 Å². The van der Waals surface area contributed by atoms with Gasteiger partial charge >= 0.3 is 11.9 Å². The standard InChI is InChI=1S/C16H18O3S2/c1-15(20)9-5-3-7-11(15)13(17)19-14(18)12-8-4-6-10-16(12,2)21/h3-12,20-21H,1-2H3. The van der Waals surface area contributed by atoms with Crippen molar-refractivity contribution in [1.29, 1.82) is 0 Å². The molecule has 112 valence electrons. The molecule has 0 fully saturated rings. The summed E-state index contributed by atoms with van der Waals surface area (Å²) in [5.41, 5.74) is 0. The molecular formula is C16H18O3S2. The number of thiol groups is 2. The molecule has 2 rings (SSSR count). The van der Waals surface area contributed by atoms with Crippen LogP contribution in [0.25, 0.3) is 0 Å². The van der Waals surface area contributed by atoms with Crippen molar-refractivity contribution in [3.8, 4) is 0 Å². The highest BCUT2D eigenvalue weighted by Crippen LogP contribution is 2.34. The van der Waals surface area contributed by atoms with Gasteiger partial charge in [0, 0.05) is 9.49 Å². The lowest BCUT2D eigenvalue weighted by molar-refractivity contribution is -0.164. The highest BCUT2D eigenvalue weighted by molar-refractivity contribution is 7.82. The van der Waals surface area contributed by atoms with Crippen LogP contribution in [0.5, 0.6) is 0 Å². The normalized spacial score (nSPS) is 37.5. The van der Waals surface area contributed by atoms with E-state index in [-0.39, 0.29) is 0 Å². The minimum Gasteiger partial charge on any atom is -0.392 e. The fourth-order valence-corrected chi connectivity index (χ4v) is 2.86. The number of allylic oxidation sites excluding steroid dienone is 4. The first-order chi connectivity index (χ1) is 9.74. The van der Waals surface area contributed by atoms with Crippen LogP contribution in [0, 0.1) is 11.8 Å². The van der Waals surface area contributed by atoms with Crippen LogP contribution < -0.4 is 0 Å². The van der Waals surface area contributed by atoms with Gasteiger partial charge in [-0.05, 0) is 13.8 Å². The maximum atomic E-state index is 12.2. The summed E-state index contributed by atoms with van der Waals surface area (Å²) in [7, 11) is 0. The van der Waals surface area contributed by atoms with Gasteiger partial charge in [-0.2, -0.15) is 25.3 Å². The first-order valence-corrected chi connectivity index (χ1v) is 7.56. The van der Waals surface area contributed by atoms with Gasteiger partial charge in [0.1, 0.15) is 0 Å². The quantitative estimate of drug-likeness (QED) is 0.467. The minimum absolute atomic E-state index is 0.592. The Morgan fingerprint density at radius 1 is 0.857 bits per heavy atom. The molecule has 0 saturated carbocycles. The molecule has 4 unspecified atom stereocenters. The number of hydrogen-bond donors (Lipinski definition) is 2. The van der Waals surface area contributed by atoms with E-state index in [1.807, 2.05) is 12.2 Å². The van der Waals surface area contributed by atoms with E-state index in [0.717, 1.165) is 0 Å². The Kier molecular flexibility index (Phi) is 4.54. The third kappa shape index (κ3) is 3.52. The van der Waals surface area contributed by atoms with Crippen LogP contribution in [0.1, 0.15) is 13.8 Å². The van der Waals surface area contributed by atoms with E-state index in [4.69, 9.17) is 4.74 Å². The Hall–Kier alpha value is -1.20. The van der Waals surface area contributed by atoms with Crippen molar-refractivity contribution in [2.75, 3.05) is 0 Å². The van der Waals surface area contributed by atoms with Crippen LogP contribution in [0.4, 0.5) is 0 Å². The predicted molar refractivity (Wildman–Crippen MR) is 89.4 cm³/mol. The number of carbonyl (C=O) groups excluding carboxylic acids is 2. The van der Waals surface area contributed by atoms with Gasteiger partial charge < -0.3 is 4.74 Å². The van der Waals surface area contributed by atoms with E-state index >= 15 is 0 Å². The Morgan fingerprint density at radius 3 is 1.57 bits per heavy atom. The lowest BCUT2D eigenvalue weighted by atomic mass is 9.88. The number of hydrogen-bond acceptors (Lipinski definition) is 5. The van der Waals surface area contributed by atoms with Crippen LogP contribution in [0.15, 0.2) is 48.6 Å². The Labute approximate surface area is 135 Å². The molecule has 0 N–H and O–H groups in total. The SMILES string of the molecule is CC1(S)C=CC=CC1C(=O)OC(=O)C1C=CC=CC1(C)S. The zero-order valence-electron chi connectivity index (χ0n) is 11.9. The molecule has 2 aliphatic carbocycles. The smallest absolute Gasteiger partial charge is 0.322 e. The summed E-state index contributed by atoms with van der Waals surface area (Å²) < 4.78 is 3.72. The summed E-state index contributed by atoms with van der Waals surface area (Å²) in [5, 5.41) is 0. The van der Waals surface area contributed by atoms with E-state index in [9.17, 15) is 9.59 Å². The van der Waals surface area contributed by atoms with E-state index in [1.54, 1.807) is 50.3 Å². The third-order valence-corrected chi connectivity index (χ3v) is 4.52. The molecule has 0 aromatic heterocycles. The zero-order chi connectivity index (χ0) is 15.7. The van der Waals surface area contributed by atoms with Crippen molar-refractivity contribution in [3.05, 3.63) is 48.6 Å². The highest BCUT2D eigenvalue weighted by atomic mass is 32.1. The Morgan fingerprint density at radius 2 is 1.24 bits per heavy atom. The summed E-state index contributed by atoms with van der Waals surface area (Å²) in [5.74, 6) is -2.37. The maximum Gasteiger partial charge on any atom is 0.322 e. The number of rotatable bonds is 2. The molecule has 0 bridgehead atoms. The summed E-state index contributed by atoms with van der Waals surface area (Å²) in [6, 6.07) is 0. The van der Waals surface area contributed by atoms with E-state index in [2.05, 4.69) is 25.3 Å². The highest BCUT2D eigenvalue weighted by Gasteiger charge is 2.40. The van der Waals surface area contributed by atoms with Gasteiger partial charge in [-0.25, -0.2) is 0 Å². The summed E-state index contributed by atoms with van der Waals surface area (Å²) >= 11 is 8.89. The molecule has 0 aliphatic heterocycles. The van der Waals surface area contributed by atoms with Crippen molar-refractivity contribution in [3.63, 3.8) is 0 Å². The van der Waals surface area contributed by atoms with Gasteiger partial charge in [0.2, 0.25) is 0 Å². The molecule has 3 nitrogen and oxygen atoms in total. The van der Waals surface area contributed by atoms with E-state index < -0.39 is 33.3 Å². The second-order valence-electron chi connectivity index (χ2n) is 5.64. The Bertz CT molecular complexity index is 518. The van der Waals surface area contributed by atoms with Crippen LogP contribution >= 0.6 is 25.3 Å². The minimum atomic E-state index is -0.668. The maximum absolute atomic E-state index is 12.2. The average Bonchev–Trinajstić information content (AvgIpc) is 2.37. The van der Waals surface area contributed by atoms with Crippen LogP contribution in [0.2, 0.25) is 0 Å². The van der Waals surface area contributed by atoms with Crippen molar-refractivity contribution in [2.24, 2.45) is 11.8 Å². The van der Waals surface area contributed by atoms with Crippen LogP contribution in [-0.2, 0) is 14.3 Å². The van der Waals surface area contributed by atoms with Gasteiger partial charge in [0.05, 0.1) is 11.8 Å². The third-order valence-electron chi connectivity index (χ3n) is 3.66. The van der Waals surface area contributed by atoms with Gasteiger partial charge in [-0.3, -0.25) is 9.59 Å². The molecule has 2 aliphatic rings. The van der Waals surface area contributed by atoms with E-state index in [1.165, 1.54) is 0 Å². The molecule has 5 heteroatoms. The molecule has 21 heavy (non-hydrogen) atoms. The Balaban J connectivity index is 2.08.